The highest BCUT2D eigenvalue weighted by Gasteiger charge is 2.10. The molecule has 8 heteroatoms. The number of aromatic amines is 1. The van der Waals surface area contributed by atoms with Crippen LogP contribution in [0.2, 0.25) is 0 Å². The highest BCUT2D eigenvalue weighted by molar-refractivity contribution is 7.99. The van der Waals surface area contributed by atoms with Gasteiger partial charge in [-0.2, -0.15) is 0 Å². The molecular weight excluding hydrogens is 326 g/mol. The largest absolute Gasteiger partial charge is 0.467 e. The number of amides is 1. The molecule has 0 aliphatic rings. The van der Waals surface area contributed by atoms with Crippen LogP contribution in [0.5, 0.6) is 0 Å². The van der Waals surface area contributed by atoms with Crippen molar-refractivity contribution in [3.63, 3.8) is 0 Å². The van der Waals surface area contributed by atoms with Gasteiger partial charge >= 0.3 is 0 Å². The van der Waals surface area contributed by atoms with E-state index in [9.17, 15) is 4.79 Å². The van der Waals surface area contributed by atoms with E-state index < -0.39 is 0 Å². The van der Waals surface area contributed by atoms with Crippen LogP contribution in [0.1, 0.15) is 5.76 Å². The lowest BCUT2D eigenvalue weighted by Gasteiger charge is -2.02. The maximum atomic E-state index is 11.9. The molecule has 0 aliphatic carbocycles. The van der Waals surface area contributed by atoms with E-state index in [4.69, 9.17) is 4.42 Å². The number of rotatable bonds is 5. The van der Waals surface area contributed by atoms with Gasteiger partial charge in [0.25, 0.3) is 0 Å². The van der Waals surface area contributed by atoms with Gasteiger partial charge in [0.1, 0.15) is 11.3 Å². The highest BCUT2D eigenvalue weighted by Crippen LogP contribution is 2.23. The zero-order chi connectivity index (χ0) is 16.4. The fraction of sp³-hybridized carbons (Fsp3) is 0.125. The molecule has 2 N–H and O–H groups in total. The SMILES string of the molecule is O=C(CSc1nnc2c(n1)[nH]c1ccccc12)NCc1ccco1. The zero-order valence-corrected chi connectivity index (χ0v) is 13.3. The van der Waals surface area contributed by atoms with Gasteiger partial charge in [-0.15, -0.1) is 10.2 Å². The summed E-state index contributed by atoms with van der Waals surface area (Å²) < 4.78 is 5.16. The smallest absolute Gasteiger partial charge is 0.230 e. The minimum Gasteiger partial charge on any atom is -0.467 e. The fourth-order valence-corrected chi connectivity index (χ4v) is 2.96. The summed E-state index contributed by atoms with van der Waals surface area (Å²) in [6.45, 7) is 0.368. The molecule has 0 aliphatic heterocycles. The number of para-hydroxylation sites is 1. The number of H-pyrrole nitrogens is 1. The third-order valence-electron chi connectivity index (χ3n) is 3.47. The predicted octanol–water partition coefficient (Wildman–Crippen LogP) is 2.51. The average molecular weight is 339 g/mol. The maximum Gasteiger partial charge on any atom is 0.230 e. The molecule has 0 bridgehead atoms. The summed E-state index contributed by atoms with van der Waals surface area (Å²) in [6, 6.07) is 11.4. The van der Waals surface area contributed by atoms with E-state index in [2.05, 4.69) is 25.5 Å². The molecule has 0 saturated heterocycles. The molecule has 0 atom stereocenters. The monoisotopic (exact) mass is 339 g/mol. The number of nitrogens with one attached hydrogen (secondary N) is 2. The molecule has 0 spiro atoms. The van der Waals surface area contributed by atoms with Crippen LogP contribution in [-0.4, -0.2) is 31.8 Å². The molecule has 24 heavy (non-hydrogen) atoms. The number of carbonyl (C=O) groups is 1. The third kappa shape index (κ3) is 2.95. The number of thioether (sulfide) groups is 1. The summed E-state index contributed by atoms with van der Waals surface area (Å²) in [7, 11) is 0. The minimum atomic E-state index is -0.114. The topological polar surface area (TPSA) is 96.7 Å². The molecule has 4 aromatic rings. The number of hydrogen-bond donors (Lipinski definition) is 2. The van der Waals surface area contributed by atoms with E-state index in [1.807, 2.05) is 30.3 Å². The van der Waals surface area contributed by atoms with Crippen LogP contribution in [0.15, 0.2) is 52.2 Å². The maximum absolute atomic E-state index is 11.9. The first-order valence-electron chi connectivity index (χ1n) is 7.32. The van der Waals surface area contributed by atoms with Gasteiger partial charge in [0, 0.05) is 10.9 Å². The molecule has 0 saturated carbocycles. The summed E-state index contributed by atoms with van der Waals surface area (Å²) in [5.41, 5.74) is 2.37. The number of carbonyl (C=O) groups excluding carboxylic acids is 1. The molecule has 1 aromatic carbocycles. The van der Waals surface area contributed by atoms with Crippen molar-refractivity contribution in [2.45, 2.75) is 11.7 Å². The molecular formula is C16H13N5O2S. The van der Waals surface area contributed by atoms with E-state index in [1.165, 1.54) is 11.8 Å². The molecule has 0 radical (unpaired) electrons. The summed E-state index contributed by atoms with van der Waals surface area (Å²) in [5, 5.41) is 12.5. The normalized spacial score (nSPS) is 11.2. The summed E-state index contributed by atoms with van der Waals surface area (Å²) in [4.78, 5) is 19.5. The van der Waals surface area contributed by atoms with Crippen molar-refractivity contribution in [3.05, 3.63) is 48.4 Å². The van der Waals surface area contributed by atoms with Gasteiger partial charge in [-0.3, -0.25) is 4.79 Å². The van der Waals surface area contributed by atoms with Gasteiger partial charge in [0.15, 0.2) is 5.65 Å². The molecule has 0 fully saturated rings. The first-order chi connectivity index (χ1) is 11.8. The predicted molar refractivity (Wildman–Crippen MR) is 90.5 cm³/mol. The van der Waals surface area contributed by atoms with Crippen LogP contribution in [0.4, 0.5) is 0 Å². The highest BCUT2D eigenvalue weighted by atomic mass is 32.2. The number of aromatic nitrogens is 4. The Kier molecular flexibility index (Phi) is 3.87. The number of benzene rings is 1. The molecule has 3 aromatic heterocycles. The van der Waals surface area contributed by atoms with Gasteiger partial charge in [0.2, 0.25) is 11.1 Å². The molecule has 120 valence electrons. The van der Waals surface area contributed by atoms with Gasteiger partial charge in [-0.05, 0) is 18.2 Å². The van der Waals surface area contributed by atoms with Crippen LogP contribution >= 0.6 is 11.8 Å². The van der Waals surface area contributed by atoms with Crippen LogP contribution in [0.3, 0.4) is 0 Å². The van der Waals surface area contributed by atoms with Crippen molar-refractivity contribution in [2.24, 2.45) is 0 Å². The van der Waals surface area contributed by atoms with Gasteiger partial charge in [0.05, 0.1) is 18.6 Å². The Morgan fingerprint density at radius 3 is 3.00 bits per heavy atom. The second kappa shape index (κ2) is 6.32. The number of furan rings is 1. The summed E-state index contributed by atoms with van der Waals surface area (Å²) in [6.07, 6.45) is 1.57. The molecule has 0 unspecified atom stereocenters. The van der Waals surface area contributed by atoms with Crippen molar-refractivity contribution >= 4 is 39.7 Å². The van der Waals surface area contributed by atoms with Crippen molar-refractivity contribution in [2.75, 3.05) is 5.75 Å². The van der Waals surface area contributed by atoms with E-state index in [-0.39, 0.29) is 11.7 Å². The van der Waals surface area contributed by atoms with Gasteiger partial charge in [-0.1, -0.05) is 30.0 Å². The van der Waals surface area contributed by atoms with Crippen molar-refractivity contribution in [3.8, 4) is 0 Å². The van der Waals surface area contributed by atoms with Crippen LogP contribution in [0.25, 0.3) is 22.1 Å². The number of fused-ring (bicyclic) bond motifs is 3. The van der Waals surface area contributed by atoms with Crippen molar-refractivity contribution in [1.29, 1.82) is 0 Å². The Hall–Kier alpha value is -2.87. The van der Waals surface area contributed by atoms with E-state index in [1.54, 1.807) is 12.3 Å². The molecule has 7 nitrogen and oxygen atoms in total. The van der Waals surface area contributed by atoms with Crippen molar-refractivity contribution < 1.29 is 9.21 Å². The fourth-order valence-electron chi connectivity index (χ4n) is 2.35. The second-order valence-electron chi connectivity index (χ2n) is 5.11. The van der Waals surface area contributed by atoms with Crippen molar-refractivity contribution in [1.82, 2.24) is 25.5 Å². The Bertz CT molecular complexity index is 996. The minimum absolute atomic E-state index is 0.114. The van der Waals surface area contributed by atoms with Gasteiger partial charge < -0.3 is 14.7 Å². The Balaban J connectivity index is 1.42. The number of hydrogen-bond acceptors (Lipinski definition) is 6. The molecule has 3 heterocycles. The van der Waals surface area contributed by atoms with Gasteiger partial charge in [-0.25, -0.2) is 4.98 Å². The lowest BCUT2D eigenvalue weighted by Crippen LogP contribution is -2.24. The van der Waals surface area contributed by atoms with Crippen LogP contribution in [0, 0.1) is 0 Å². The van der Waals surface area contributed by atoms with Crippen LogP contribution < -0.4 is 5.32 Å². The first kappa shape index (κ1) is 14.7. The summed E-state index contributed by atoms with van der Waals surface area (Å²) in [5.74, 6) is 0.816. The Morgan fingerprint density at radius 1 is 1.21 bits per heavy atom. The molecule has 1 amide bonds. The quantitative estimate of drug-likeness (QED) is 0.542. The van der Waals surface area contributed by atoms with E-state index >= 15 is 0 Å². The first-order valence-corrected chi connectivity index (χ1v) is 8.31. The third-order valence-corrected chi connectivity index (χ3v) is 4.31. The lowest BCUT2D eigenvalue weighted by atomic mass is 10.2. The van der Waals surface area contributed by atoms with Crippen LogP contribution in [-0.2, 0) is 11.3 Å². The average Bonchev–Trinajstić information content (AvgIpc) is 3.25. The lowest BCUT2D eigenvalue weighted by molar-refractivity contribution is -0.118. The zero-order valence-electron chi connectivity index (χ0n) is 12.5. The number of nitrogens with zero attached hydrogens (tertiary/aromatic N) is 3. The summed E-state index contributed by atoms with van der Waals surface area (Å²) >= 11 is 1.24. The standard InChI is InChI=1S/C16H13N5O2S/c22-13(17-8-10-4-3-7-23-10)9-24-16-19-15-14(20-21-16)11-5-1-2-6-12(11)18-15/h1-7H,8-9H2,(H,17,22)(H,18,19,21). The Morgan fingerprint density at radius 2 is 2.12 bits per heavy atom. The second-order valence-corrected chi connectivity index (χ2v) is 6.05. The van der Waals surface area contributed by atoms with E-state index in [0.717, 1.165) is 16.4 Å². The van der Waals surface area contributed by atoms with E-state index in [0.29, 0.717) is 23.1 Å². The Labute approximate surface area is 140 Å². The molecule has 4 rings (SSSR count).